The van der Waals surface area contributed by atoms with Gasteiger partial charge in [0, 0.05) is 36.4 Å². The highest BCUT2D eigenvalue weighted by Gasteiger charge is 2.34. The number of nitrogens with one attached hydrogen (secondary N) is 1. The second-order valence-electron chi connectivity index (χ2n) is 7.53. The number of likely N-dealkylation sites (tertiary alicyclic amines) is 1. The first-order valence-electron chi connectivity index (χ1n) is 9.65. The van der Waals surface area contributed by atoms with Crippen LogP contribution in [0.2, 0.25) is 0 Å². The van der Waals surface area contributed by atoms with Crippen molar-refractivity contribution < 1.29 is 9.53 Å². The molecule has 25 heavy (non-hydrogen) atoms. The van der Waals surface area contributed by atoms with Crippen LogP contribution < -0.4 is 5.32 Å². The largest absolute Gasteiger partial charge is 0.377 e. The molecule has 1 amide bonds. The van der Waals surface area contributed by atoms with E-state index in [1.807, 2.05) is 18.2 Å². The number of nitrogens with zero attached hydrogens (tertiary/aromatic N) is 1. The third-order valence-corrected chi connectivity index (χ3v) is 6.72. The van der Waals surface area contributed by atoms with E-state index in [1.54, 1.807) is 11.8 Å². The molecule has 1 N–H and O–H groups in total. The van der Waals surface area contributed by atoms with Gasteiger partial charge in [-0.05, 0) is 56.7 Å². The summed E-state index contributed by atoms with van der Waals surface area (Å²) in [7, 11) is 0. The zero-order valence-corrected chi connectivity index (χ0v) is 15.6. The Kier molecular flexibility index (Phi) is 5.63. The van der Waals surface area contributed by atoms with Crippen molar-refractivity contribution in [3.05, 3.63) is 29.8 Å². The molecule has 3 fully saturated rings. The molecular formula is C20H28N2O2S. The summed E-state index contributed by atoms with van der Waals surface area (Å²) in [5.41, 5.74) is 0.808. The van der Waals surface area contributed by atoms with Crippen LogP contribution in [0, 0.1) is 5.92 Å². The molecule has 3 aliphatic rings. The maximum atomic E-state index is 12.7. The second kappa shape index (κ2) is 8.11. The molecule has 5 heteroatoms. The number of rotatable bonds is 7. The number of amides is 1. The highest BCUT2D eigenvalue weighted by atomic mass is 32.2. The fraction of sp³-hybridized carbons (Fsp3) is 0.650. The predicted octanol–water partition coefficient (Wildman–Crippen LogP) is 3.17. The van der Waals surface area contributed by atoms with E-state index in [-0.39, 0.29) is 5.91 Å². The molecule has 1 aromatic rings. The molecule has 4 nitrogen and oxygen atoms in total. The molecule has 2 aliphatic heterocycles. The standard InChI is InChI=1S/C20H28N2O2S/c23-20(21-12-15-9-10-22(13-15)16-7-8-16)18-5-1-2-6-19(18)25-14-17-4-3-11-24-17/h1-2,5-6,15-17H,3-4,7-14H2,(H,21,23)/t15-,17+/m0/s1. The summed E-state index contributed by atoms with van der Waals surface area (Å²) in [5, 5.41) is 3.18. The van der Waals surface area contributed by atoms with Crippen LogP contribution in [0.4, 0.5) is 0 Å². The number of carbonyl (C=O) groups is 1. The lowest BCUT2D eigenvalue weighted by Gasteiger charge is -2.16. The third kappa shape index (κ3) is 4.57. The molecule has 1 aromatic carbocycles. The van der Waals surface area contributed by atoms with Gasteiger partial charge in [0.2, 0.25) is 0 Å². The van der Waals surface area contributed by atoms with Crippen LogP contribution in [0.25, 0.3) is 0 Å². The monoisotopic (exact) mass is 360 g/mol. The first-order chi connectivity index (χ1) is 12.3. The van der Waals surface area contributed by atoms with Gasteiger partial charge in [0.1, 0.15) is 0 Å². The van der Waals surface area contributed by atoms with Crippen LogP contribution >= 0.6 is 11.8 Å². The van der Waals surface area contributed by atoms with E-state index in [9.17, 15) is 4.79 Å². The van der Waals surface area contributed by atoms with Gasteiger partial charge in [0.15, 0.2) is 0 Å². The minimum absolute atomic E-state index is 0.0697. The van der Waals surface area contributed by atoms with Crippen LogP contribution in [0.3, 0.4) is 0 Å². The molecule has 1 aliphatic carbocycles. The number of thioether (sulfide) groups is 1. The van der Waals surface area contributed by atoms with E-state index in [1.165, 1.54) is 25.8 Å². The van der Waals surface area contributed by atoms with Gasteiger partial charge in [-0.15, -0.1) is 11.8 Å². The van der Waals surface area contributed by atoms with Crippen molar-refractivity contribution in [2.45, 2.75) is 49.1 Å². The average Bonchev–Trinajstić information content (AvgIpc) is 3.16. The van der Waals surface area contributed by atoms with Crippen molar-refractivity contribution in [3.8, 4) is 0 Å². The van der Waals surface area contributed by atoms with E-state index >= 15 is 0 Å². The maximum Gasteiger partial charge on any atom is 0.252 e. The summed E-state index contributed by atoms with van der Waals surface area (Å²) >= 11 is 1.75. The van der Waals surface area contributed by atoms with Gasteiger partial charge in [-0.1, -0.05) is 12.1 Å². The molecule has 0 bridgehead atoms. The Morgan fingerprint density at radius 3 is 2.92 bits per heavy atom. The smallest absolute Gasteiger partial charge is 0.252 e. The lowest BCUT2D eigenvalue weighted by Crippen LogP contribution is -2.31. The lowest BCUT2D eigenvalue weighted by molar-refractivity contribution is 0.0944. The molecule has 0 unspecified atom stereocenters. The Hall–Kier alpha value is -1.04. The van der Waals surface area contributed by atoms with Crippen LogP contribution in [-0.2, 0) is 4.74 Å². The van der Waals surface area contributed by atoms with E-state index in [0.717, 1.165) is 54.8 Å². The maximum absolute atomic E-state index is 12.7. The Morgan fingerprint density at radius 1 is 1.24 bits per heavy atom. The summed E-state index contributed by atoms with van der Waals surface area (Å²) in [6.45, 7) is 4.04. The highest BCUT2D eigenvalue weighted by Crippen LogP contribution is 2.31. The van der Waals surface area contributed by atoms with Crippen LogP contribution in [0.15, 0.2) is 29.2 Å². The van der Waals surface area contributed by atoms with E-state index in [4.69, 9.17) is 4.74 Å². The zero-order valence-electron chi connectivity index (χ0n) is 14.8. The fourth-order valence-electron chi connectivity index (χ4n) is 3.87. The van der Waals surface area contributed by atoms with Crippen molar-refractivity contribution in [3.63, 3.8) is 0 Å². The molecule has 2 atom stereocenters. The van der Waals surface area contributed by atoms with Crippen LogP contribution in [0.5, 0.6) is 0 Å². The highest BCUT2D eigenvalue weighted by molar-refractivity contribution is 7.99. The molecule has 0 radical (unpaired) electrons. The molecule has 2 saturated heterocycles. The van der Waals surface area contributed by atoms with Gasteiger partial charge in [-0.25, -0.2) is 0 Å². The summed E-state index contributed by atoms with van der Waals surface area (Å²) in [6, 6.07) is 8.81. The van der Waals surface area contributed by atoms with Gasteiger partial charge >= 0.3 is 0 Å². The molecule has 0 spiro atoms. The van der Waals surface area contributed by atoms with Crippen molar-refractivity contribution >= 4 is 17.7 Å². The molecule has 4 rings (SSSR count). The normalized spacial score (nSPS) is 26.9. The molecule has 1 saturated carbocycles. The van der Waals surface area contributed by atoms with Gasteiger partial charge in [-0.3, -0.25) is 4.79 Å². The van der Waals surface area contributed by atoms with Crippen molar-refractivity contribution in [1.29, 1.82) is 0 Å². The molecular weight excluding hydrogens is 332 g/mol. The first kappa shape index (κ1) is 17.4. The quantitative estimate of drug-likeness (QED) is 0.759. The second-order valence-corrected chi connectivity index (χ2v) is 8.59. The molecule has 2 heterocycles. The minimum Gasteiger partial charge on any atom is -0.377 e. The lowest BCUT2D eigenvalue weighted by atomic mass is 10.1. The number of benzene rings is 1. The topological polar surface area (TPSA) is 41.6 Å². The van der Waals surface area contributed by atoms with Crippen molar-refractivity contribution in [2.75, 3.05) is 32.0 Å². The summed E-state index contributed by atoms with van der Waals surface area (Å²) in [5.74, 6) is 1.61. The number of ether oxygens (including phenoxy) is 1. The van der Waals surface area contributed by atoms with E-state index in [2.05, 4.69) is 16.3 Å². The fourth-order valence-corrected chi connectivity index (χ4v) is 4.99. The zero-order chi connectivity index (χ0) is 17.1. The Labute approximate surface area is 154 Å². The van der Waals surface area contributed by atoms with Crippen LogP contribution in [0.1, 0.15) is 42.5 Å². The summed E-state index contributed by atoms with van der Waals surface area (Å²) in [6.07, 6.45) is 6.59. The van der Waals surface area contributed by atoms with Crippen molar-refractivity contribution in [1.82, 2.24) is 10.2 Å². The first-order valence-corrected chi connectivity index (χ1v) is 10.6. The average molecular weight is 361 g/mol. The van der Waals surface area contributed by atoms with Gasteiger partial charge in [0.05, 0.1) is 11.7 Å². The van der Waals surface area contributed by atoms with Gasteiger partial charge in [0.25, 0.3) is 5.91 Å². The summed E-state index contributed by atoms with van der Waals surface area (Å²) < 4.78 is 5.70. The number of hydrogen-bond acceptors (Lipinski definition) is 4. The summed E-state index contributed by atoms with van der Waals surface area (Å²) in [4.78, 5) is 16.3. The van der Waals surface area contributed by atoms with Crippen LogP contribution in [-0.4, -0.2) is 54.9 Å². The van der Waals surface area contributed by atoms with Crippen molar-refractivity contribution in [2.24, 2.45) is 5.92 Å². The van der Waals surface area contributed by atoms with Gasteiger partial charge < -0.3 is 15.0 Å². The predicted molar refractivity (Wildman–Crippen MR) is 101 cm³/mol. The molecule has 0 aromatic heterocycles. The Bertz CT molecular complexity index is 599. The number of hydrogen-bond donors (Lipinski definition) is 1. The van der Waals surface area contributed by atoms with Gasteiger partial charge in [-0.2, -0.15) is 0 Å². The minimum atomic E-state index is 0.0697. The van der Waals surface area contributed by atoms with E-state index < -0.39 is 0 Å². The Morgan fingerprint density at radius 2 is 2.12 bits per heavy atom. The molecule has 136 valence electrons. The number of carbonyl (C=O) groups excluding carboxylic acids is 1. The SMILES string of the molecule is O=C(NC[C@@H]1CCN(C2CC2)C1)c1ccccc1SC[C@H]1CCCO1. The Balaban J connectivity index is 1.28. The third-order valence-electron chi connectivity index (χ3n) is 5.51. The van der Waals surface area contributed by atoms with E-state index in [0.29, 0.717) is 12.0 Å².